The molecule has 0 aliphatic heterocycles. The molecule has 5 heteroatoms. The van der Waals surface area contributed by atoms with Crippen LogP contribution in [0.15, 0.2) is 0 Å². The summed E-state index contributed by atoms with van der Waals surface area (Å²) in [6.45, 7) is 6.93. The molecule has 0 aliphatic carbocycles. The first-order chi connectivity index (χ1) is 13.3. The van der Waals surface area contributed by atoms with Crippen LogP contribution in [0.3, 0.4) is 0 Å². The summed E-state index contributed by atoms with van der Waals surface area (Å²) in [5, 5.41) is 0. The molecule has 0 spiro atoms. The highest BCUT2D eigenvalue weighted by Crippen LogP contribution is 2.13. The Morgan fingerprint density at radius 2 is 0.857 bits per heavy atom. The molecule has 1 radical (unpaired) electrons. The predicted molar refractivity (Wildman–Crippen MR) is 120 cm³/mol. The van der Waals surface area contributed by atoms with Gasteiger partial charge in [-0.2, -0.15) is 0 Å². The lowest BCUT2D eigenvalue weighted by atomic mass is 10.0. The monoisotopic (exact) mass is 436 g/mol. The summed E-state index contributed by atoms with van der Waals surface area (Å²) in [6.07, 6.45) is 24.1. The topological polar surface area (TPSA) is 22.9 Å². The van der Waals surface area contributed by atoms with Gasteiger partial charge in [0.15, 0.2) is 0 Å². The van der Waals surface area contributed by atoms with Crippen LogP contribution < -0.4 is 17.0 Å². The summed E-state index contributed by atoms with van der Waals surface area (Å²) < 4.78 is 12.6. The molecule has 1 atom stereocenters. The SMILES string of the molecule is CCCCCCCCCCCCCCCCCC[NH+](CCC)[Si](OC)OC.[Cl-]. The number of quaternary nitrogens is 1. The van der Waals surface area contributed by atoms with Gasteiger partial charge in [0, 0.05) is 14.2 Å². The number of unbranched alkanes of at least 4 members (excludes halogenated alkanes) is 15. The Labute approximate surface area is 185 Å². The molecular formula is C23H51ClNO2Si. The number of rotatable bonds is 22. The van der Waals surface area contributed by atoms with E-state index in [0.717, 1.165) is 0 Å². The second-order valence-electron chi connectivity index (χ2n) is 8.10. The van der Waals surface area contributed by atoms with E-state index in [0.29, 0.717) is 0 Å². The van der Waals surface area contributed by atoms with Crippen molar-refractivity contribution in [1.29, 1.82) is 0 Å². The molecule has 1 N–H and O–H groups in total. The third-order valence-electron chi connectivity index (χ3n) is 5.54. The highest BCUT2D eigenvalue weighted by atomic mass is 35.5. The number of halogens is 1. The van der Waals surface area contributed by atoms with Gasteiger partial charge in [0.1, 0.15) is 0 Å². The second kappa shape index (κ2) is 25.4. The molecule has 0 aromatic heterocycles. The molecule has 0 aromatic rings. The van der Waals surface area contributed by atoms with Crippen molar-refractivity contribution in [3.05, 3.63) is 0 Å². The fourth-order valence-electron chi connectivity index (χ4n) is 3.89. The zero-order chi connectivity index (χ0) is 20.0. The van der Waals surface area contributed by atoms with Crippen LogP contribution in [0.5, 0.6) is 0 Å². The fourth-order valence-corrected chi connectivity index (χ4v) is 5.47. The average molecular weight is 437 g/mol. The Hall–Kier alpha value is 0.387. The molecule has 0 aliphatic rings. The highest BCUT2D eigenvalue weighted by molar-refractivity contribution is 6.33. The van der Waals surface area contributed by atoms with Gasteiger partial charge >= 0.3 is 9.45 Å². The molecule has 0 aromatic carbocycles. The van der Waals surface area contributed by atoms with E-state index in [9.17, 15) is 0 Å². The van der Waals surface area contributed by atoms with Crippen LogP contribution in [0.25, 0.3) is 0 Å². The van der Waals surface area contributed by atoms with E-state index in [1.54, 1.807) is 14.2 Å². The molecule has 0 bridgehead atoms. The normalized spacial score (nSPS) is 12.3. The lowest BCUT2D eigenvalue weighted by Gasteiger charge is -2.21. The van der Waals surface area contributed by atoms with Crippen molar-refractivity contribution in [2.75, 3.05) is 27.3 Å². The molecule has 0 fully saturated rings. The summed E-state index contributed by atoms with van der Waals surface area (Å²) in [7, 11) is 2.46. The summed E-state index contributed by atoms with van der Waals surface area (Å²) in [6, 6.07) is 0. The van der Waals surface area contributed by atoms with Crippen molar-refractivity contribution in [1.82, 2.24) is 0 Å². The van der Waals surface area contributed by atoms with Crippen molar-refractivity contribution in [3.63, 3.8) is 0 Å². The highest BCUT2D eigenvalue weighted by Gasteiger charge is 2.31. The maximum atomic E-state index is 5.54. The van der Waals surface area contributed by atoms with Crippen molar-refractivity contribution < 1.29 is 25.8 Å². The van der Waals surface area contributed by atoms with Crippen LogP contribution in [-0.4, -0.2) is 36.8 Å². The minimum Gasteiger partial charge on any atom is -1.00 e. The smallest absolute Gasteiger partial charge is 0.712 e. The van der Waals surface area contributed by atoms with Crippen LogP contribution in [0.2, 0.25) is 0 Å². The molecule has 0 saturated heterocycles. The largest absolute Gasteiger partial charge is 1.00 e. The van der Waals surface area contributed by atoms with Crippen LogP contribution in [0, 0.1) is 0 Å². The van der Waals surface area contributed by atoms with Gasteiger partial charge in [0.05, 0.1) is 13.1 Å². The third-order valence-corrected chi connectivity index (χ3v) is 7.36. The first kappa shape index (κ1) is 30.6. The van der Waals surface area contributed by atoms with Crippen LogP contribution in [0.4, 0.5) is 0 Å². The first-order valence-electron chi connectivity index (χ1n) is 12.1. The van der Waals surface area contributed by atoms with Crippen LogP contribution in [0.1, 0.15) is 123 Å². The van der Waals surface area contributed by atoms with E-state index in [2.05, 4.69) is 13.8 Å². The second-order valence-corrected chi connectivity index (χ2v) is 10.2. The molecule has 1 unspecified atom stereocenters. The number of hydrogen-bond donors (Lipinski definition) is 1. The standard InChI is InChI=1S/C23H51NO2Si.ClH/c1-5-7-8-9-10-11-12-13-14-15-16-17-18-19-20-21-23-24(22-6-2)27(25-3)26-4;/h24H,5-23H2,1-4H3;1H/q+1;/p-1. The zero-order valence-electron chi connectivity index (χ0n) is 19.6. The molecule has 0 saturated carbocycles. The Bertz CT molecular complexity index is 281. The van der Waals surface area contributed by atoms with E-state index >= 15 is 0 Å². The first-order valence-corrected chi connectivity index (χ1v) is 13.4. The maximum absolute atomic E-state index is 5.54. The fraction of sp³-hybridized carbons (Fsp3) is 1.00. The van der Waals surface area contributed by atoms with Crippen molar-refractivity contribution in [2.24, 2.45) is 0 Å². The van der Waals surface area contributed by atoms with Crippen molar-refractivity contribution in [3.8, 4) is 0 Å². The quantitative estimate of drug-likeness (QED) is 0.208. The summed E-state index contributed by atoms with van der Waals surface area (Å²) in [5.74, 6) is 0. The minimum atomic E-state index is -1.13. The molecule has 0 amide bonds. The van der Waals surface area contributed by atoms with Gasteiger partial charge in [-0.25, -0.2) is 0 Å². The molecule has 28 heavy (non-hydrogen) atoms. The van der Waals surface area contributed by atoms with Gasteiger partial charge in [-0.15, -0.1) is 0 Å². The van der Waals surface area contributed by atoms with Gasteiger partial charge in [0.2, 0.25) is 0 Å². The Morgan fingerprint density at radius 3 is 1.18 bits per heavy atom. The van der Waals surface area contributed by atoms with Gasteiger partial charge < -0.3 is 25.8 Å². The van der Waals surface area contributed by atoms with Crippen molar-refractivity contribution >= 4 is 9.45 Å². The third kappa shape index (κ3) is 19.7. The van der Waals surface area contributed by atoms with Gasteiger partial charge in [-0.1, -0.05) is 104 Å². The van der Waals surface area contributed by atoms with E-state index < -0.39 is 9.45 Å². The summed E-state index contributed by atoms with van der Waals surface area (Å²) in [5.41, 5.74) is 0. The molecular weight excluding hydrogens is 386 g/mol. The van der Waals surface area contributed by atoms with Crippen LogP contribution in [-0.2, 0) is 8.85 Å². The van der Waals surface area contributed by atoms with E-state index in [-0.39, 0.29) is 12.4 Å². The van der Waals surface area contributed by atoms with E-state index in [1.165, 1.54) is 127 Å². The predicted octanol–water partition coefficient (Wildman–Crippen LogP) is 2.82. The summed E-state index contributed by atoms with van der Waals surface area (Å²) >= 11 is 0. The van der Waals surface area contributed by atoms with Crippen molar-refractivity contribution in [2.45, 2.75) is 123 Å². The zero-order valence-corrected chi connectivity index (χ0v) is 21.4. The Balaban J connectivity index is 0. The van der Waals surface area contributed by atoms with E-state index in [1.807, 2.05) is 0 Å². The number of hydrogen-bond acceptors (Lipinski definition) is 2. The number of nitrogens with one attached hydrogen (secondary N) is 1. The van der Waals surface area contributed by atoms with Crippen LogP contribution >= 0.6 is 0 Å². The molecule has 3 nitrogen and oxygen atoms in total. The lowest BCUT2D eigenvalue weighted by molar-refractivity contribution is -0.807. The average Bonchev–Trinajstić information content (AvgIpc) is 2.68. The van der Waals surface area contributed by atoms with Gasteiger partial charge in [-0.3, -0.25) is 0 Å². The minimum absolute atomic E-state index is 0. The maximum Gasteiger partial charge on any atom is 0.712 e. The molecule has 0 heterocycles. The molecule has 171 valence electrons. The van der Waals surface area contributed by atoms with E-state index in [4.69, 9.17) is 8.85 Å². The van der Waals surface area contributed by atoms with Gasteiger partial charge in [0.25, 0.3) is 0 Å². The Kier molecular flexibility index (Phi) is 27.8. The summed E-state index contributed by atoms with van der Waals surface area (Å²) in [4.78, 5) is 0. The van der Waals surface area contributed by atoms with Gasteiger partial charge in [-0.05, 0) is 19.3 Å². The molecule has 0 rings (SSSR count). The lowest BCUT2D eigenvalue weighted by Crippen LogP contribution is -3.18. The Morgan fingerprint density at radius 1 is 0.500 bits per heavy atom.